The summed E-state index contributed by atoms with van der Waals surface area (Å²) in [5.41, 5.74) is 2.04. The van der Waals surface area contributed by atoms with Crippen molar-refractivity contribution in [2.75, 3.05) is 13.2 Å². The predicted molar refractivity (Wildman–Crippen MR) is 122 cm³/mol. The summed E-state index contributed by atoms with van der Waals surface area (Å²) in [7, 11) is 0. The van der Waals surface area contributed by atoms with Crippen LogP contribution < -0.4 is 9.47 Å². The monoisotopic (exact) mass is 424 g/mol. The van der Waals surface area contributed by atoms with Gasteiger partial charge in [-0.2, -0.15) is 14.9 Å². The summed E-state index contributed by atoms with van der Waals surface area (Å²) in [5, 5.41) is 11.7. The van der Waals surface area contributed by atoms with Crippen molar-refractivity contribution in [2.24, 2.45) is 5.10 Å². The Labute approximate surface area is 182 Å². The number of ether oxygens (including phenoxy) is 2. The Morgan fingerprint density at radius 2 is 1.90 bits per heavy atom. The number of aromatic amines is 1. The van der Waals surface area contributed by atoms with Gasteiger partial charge < -0.3 is 9.47 Å². The smallest absolute Gasteiger partial charge is 0.216 e. The molecule has 0 amide bonds. The van der Waals surface area contributed by atoms with Crippen LogP contribution >= 0.6 is 12.2 Å². The van der Waals surface area contributed by atoms with Gasteiger partial charge in [0, 0.05) is 6.42 Å². The molecule has 0 aliphatic rings. The standard InChI is InChI=1S/C23H28N4O2S/c1-3-5-9-14-29-20-13-12-19(15-21(20)28-4-2)17-24-27-22(25-26-23(27)30)16-18-10-7-6-8-11-18/h6-8,10-13,15,17H,3-5,9,14,16H2,1-2H3,(H,26,30)/b24-17-. The molecule has 0 fully saturated rings. The van der Waals surface area contributed by atoms with Crippen LogP contribution in [-0.4, -0.2) is 34.3 Å². The maximum Gasteiger partial charge on any atom is 0.216 e. The van der Waals surface area contributed by atoms with Gasteiger partial charge >= 0.3 is 0 Å². The molecular formula is C23H28N4O2S. The number of unbranched alkanes of at least 4 members (excludes halogenated alkanes) is 2. The molecule has 0 saturated carbocycles. The second-order valence-electron chi connectivity index (χ2n) is 6.86. The van der Waals surface area contributed by atoms with Gasteiger partial charge in [0.1, 0.15) is 0 Å². The molecule has 6 nitrogen and oxygen atoms in total. The number of benzene rings is 2. The molecule has 1 aromatic heterocycles. The van der Waals surface area contributed by atoms with Crippen LogP contribution in [0.15, 0.2) is 53.6 Å². The third-order valence-electron chi connectivity index (χ3n) is 4.52. The Morgan fingerprint density at radius 1 is 1.07 bits per heavy atom. The summed E-state index contributed by atoms with van der Waals surface area (Å²) in [6.07, 6.45) is 5.75. The quantitative estimate of drug-likeness (QED) is 0.255. The van der Waals surface area contributed by atoms with Crippen molar-refractivity contribution in [2.45, 2.75) is 39.5 Å². The van der Waals surface area contributed by atoms with Crippen molar-refractivity contribution >= 4 is 18.4 Å². The SMILES string of the molecule is CCCCCOc1ccc(/C=N\n2c(Cc3ccccc3)n[nH]c2=S)cc1OCC. The summed E-state index contributed by atoms with van der Waals surface area (Å²) in [6, 6.07) is 15.9. The molecular weight excluding hydrogens is 396 g/mol. The van der Waals surface area contributed by atoms with Gasteiger partial charge in [-0.15, -0.1) is 0 Å². The highest BCUT2D eigenvalue weighted by Crippen LogP contribution is 2.28. The first-order valence-electron chi connectivity index (χ1n) is 10.4. The maximum atomic E-state index is 5.90. The lowest BCUT2D eigenvalue weighted by Gasteiger charge is -2.12. The van der Waals surface area contributed by atoms with E-state index in [-0.39, 0.29) is 0 Å². The van der Waals surface area contributed by atoms with Crippen molar-refractivity contribution in [1.29, 1.82) is 0 Å². The summed E-state index contributed by atoms with van der Waals surface area (Å²) in [4.78, 5) is 0. The van der Waals surface area contributed by atoms with Crippen LogP contribution in [0.4, 0.5) is 0 Å². The number of H-pyrrole nitrogens is 1. The largest absolute Gasteiger partial charge is 0.490 e. The van der Waals surface area contributed by atoms with E-state index in [0.717, 1.165) is 41.3 Å². The number of nitrogens with zero attached hydrogens (tertiary/aromatic N) is 3. The molecule has 3 aromatic rings. The van der Waals surface area contributed by atoms with Crippen LogP contribution in [-0.2, 0) is 6.42 Å². The summed E-state index contributed by atoms with van der Waals surface area (Å²) in [6.45, 7) is 5.40. The first-order valence-corrected chi connectivity index (χ1v) is 10.8. The number of hydrogen-bond donors (Lipinski definition) is 1. The first-order chi connectivity index (χ1) is 14.7. The van der Waals surface area contributed by atoms with E-state index in [0.29, 0.717) is 24.4 Å². The summed E-state index contributed by atoms with van der Waals surface area (Å²) >= 11 is 5.35. The number of aromatic nitrogens is 3. The molecule has 0 aliphatic heterocycles. The maximum absolute atomic E-state index is 5.90. The molecule has 0 aliphatic carbocycles. The van der Waals surface area contributed by atoms with E-state index >= 15 is 0 Å². The van der Waals surface area contributed by atoms with Crippen LogP contribution in [0.2, 0.25) is 0 Å². The Balaban J connectivity index is 1.76. The molecule has 2 aromatic carbocycles. The molecule has 30 heavy (non-hydrogen) atoms. The van der Waals surface area contributed by atoms with E-state index in [1.165, 1.54) is 6.42 Å². The zero-order valence-corrected chi connectivity index (χ0v) is 18.3. The fourth-order valence-corrected chi connectivity index (χ4v) is 3.19. The van der Waals surface area contributed by atoms with Gasteiger partial charge in [-0.3, -0.25) is 5.10 Å². The molecule has 3 rings (SSSR count). The average Bonchev–Trinajstić information content (AvgIpc) is 3.11. The molecule has 0 atom stereocenters. The second kappa shape index (κ2) is 11.3. The Morgan fingerprint density at radius 3 is 2.67 bits per heavy atom. The van der Waals surface area contributed by atoms with Crippen LogP contribution in [0.25, 0.3) is 0 Å². The third kappa shape index (κ3) is 6.03. The minimum Gasteiger partial charge on any atom is -0.490 e. The molecule has 0 unspecified atom stereocenters. The first kappa shape index (κ1) is 21.8. The van der Waals surface area contributed by atoms with Gasteiger partial charge in [0.2, 0.25) is 4.77 Å². The predicted octanol–water partition coefficient (Wildman–Crippen LogP) is 5.38. The molecule has 7 heteroatoms. The Hall–Kier alpha value is -2.93. The van der Waals surface area contributed by atoms with E-state index in [2.05, 4.69) is 34.4 Å². The van der Waals surface area contributed by atoms with E-state index in [1.54, 1.807) is 10.9 Å². The van der Waals surface area contributed by atoms with Gasteiger partial charge in [0.05, 0.1) is 19.4 Å². The number of nitrogens with one attached hydrogen (secondary N) is 1. The van der Waals surface area contributed by atoms with Gasteiger partial charge in [-0.05, 0) is 54.9 Å². The van der Waals surface area contributed by atoms with Crippen molar-refractivity contribution in [3.05, 3.63) is 70.3 Å². The Bertz CT molecular complexity index is 1010. The molecule has 1 N–H and O–H groups in total. The summed E-state index contributed by atoms with van der Waals surface area (Å²) in [5.74, 6) is 2.23. The van der Waals surface area contributed by atoms with Crippen LogP contribution in [0.1, 0.15) is 50.1 Å². The minimum atomic E-state index is 0.457. The lowest BCUT2D eigenvalue weighted by atomic mass is 10.1. The minimum absolute atomic E-state index is 0.457. The molecule has 0 spiro atoms. The van der Waals surface area contributed by atoms with Gasteiger partial charge in [0.15, 0.2) is 17.3 Å². The number of hydrogen-bond acceptors (Lipinski definition) is 5. The average molecular weight is 425 g/mol. The van der Waals surface area contributed by atoms with Gasteiger partial charge in [-0.25, -0.2) is 0 Å². The fraction of sp³-hybridized carbons (Fsp3) is 0.348. The molecule has 1 heterocycles. The van der Waals surface area contributed by atoms with Gasteiger partial charge in [-0.1, -0.05) is 50.1 Å². The fourth-order valence-electron chi connectivity index (χ4n) is 2.99. The third-order valence-corrected chi connectivity index (χ3v) is 4.78. The van der Waals surface area contributed by atoms with E-state index in [4.69, 9.17) is 21.7 Å². The molecule has 0 saturated heterocycles. The van der Waals surface area contributed by atoms with Crippen molar-refractivity contribution in [1.82, 2.24) is 14.9 Å². The highest BCUT2D eigenvalue weighted by Gasteiger charge is 2.08. The topological polar surface area (TPSA) is 64.4 Å². The summed E-state index contributed by atoms with van der Waals surface area (Å²) < 4.78 is 13.8. The molecule has 0 radical (unpaired) electrons. The van der Waals surface area contributed by atoms with E-state index in [1.807, 2.05) is 43.3 Å². The number of rotatable bonds is 11. The Kier molecular flexibility index (Phi) is 8.20. The van der Waals surface area contributed by atoms with Crippen molar-refractivity contribution < 1.29 is 9.47 Å². The van der Waals surface area contributed by atoms with Crippen LogP contribution in [0.3, 0.4) is 0 Å². The highest BCUT2D eigenvalue weighted by molar-refractivity contribution is 7.71. The second-order valence-corrected chi connectivity index (χ2v) is 7.25. The molecule has 0 bridgehead atoms. The van der Waals surface area contributed by atoms with Crippen molar-refractivity contribution in [3.8, 4) is 11.5 Å². The van der Waals surface area contributed by atoms with E-state index < -0.39 is 0 Å². The lowest BCUT2D eigenvalue weighted by Crippen LogP contribution is -2.02. The molecule has 158 valence electrons. The normalized spacial score (nSPS) is 11.1. The zero-order valence-electron chi connectivity index (χ0n) is 17.5. The van der Waals surface area contributed by atoms with Gasteiger partial charge in [0.25, 0.3) is 0 Å². The van der Waals surface area contributed by atoms with Crippen LogP contribution in [0.5, 0.6) is 11.5 Å². The van der Waals surface area contributed by atoms with E-state index in [9.17, 15) is 0 Å². The lowest BCUT2D eigenvalue weighted by molar-refractivity contribution is 0.271. The highest BCUT2D eigenvalue weighted by atomic mass is 32.1. The van der Waals surface area contributed by atoms with Crippen molar-refractivity contribution in [3.63, 3.8) is 0 Å². The van der Waals surface area contributed by atoms with Crippen LogP contribution in [0, 0.1) is 4.77 Å². The zero-order chi connectivity index (χ0) is 21.2.